The van der Waals surface area contributed by atoms with E-state index in [1.165, 1.54) is 5.01 Å². The van der Waals surface area contributed by atoms with Crippen molar-refractivity contribution in [3.8, 4) is 0 Å². The largest absolute Gasteiger partial charge is 0.392 e. The van der Waals surface area contributed by atoms with Gasteiger partial charge in [-0.15, -0.1) is 0 Å². The Morgan fingerprint density at radius 3 is 2.36 bits per heavy atom. The van der Waals surface area contributed by atoms with Gasteiger partial charge in [0.2, 0.25) is 17.7 Å². The van der Waals surface area contributed by atoms with E-state index in [0.29, 0.717) is 32.2 Å². The van der Waals surface area contributed by atoms with Gasteiger partial charge in [0.1, 0.15) is 18.1 Å². The predicted molar refractivity (Wildman–Crippen MR) is 149 cm³/mol. The molecule has 2 aliphatic rings. The summed E-state index contributed by atoms with van der Waals surface area (Å²) in [5.41, 5.74) is 4.93. The number of benzene rings is 1. The zero-order valence-electron chi connectivity index (χ0n) is 23.6. The number of nitrogens with one attached hydrogen (secondary N) is 4. The number of rotatable bonds is 1. The van der Waals surface area contributed by atoms with E-state index in [0.717, 1.165) is 11.1 Å². The molecule has 1 aromatic carbocycles. The summed E-state index contributed by atoms with van der Waals surface area (Å²) in [7, 11) is 0. The van der Waals surface area contributed by atoms with Gasteiger partial charge in [-0.3, -0.25) is 24.2 Å². The van der Waals surface area contributed by atoms with E-state index in [1.807, 2.05) is 43.3 Å². The molecule has 3 rings (SSSR count). The molecule has 10 heteroatoms. The number of amides is 4. The fourth-order valence-corrected chi connectivity index (χ4v) is 4.79. The van der Waals surface area contributed by atoms with Crippen molar-refractivity contribution >= 4 is 29.7 Å². The number of aliphatic hydroxyl groups excluding tert-OH is 1. The van der Waals surface area contributed by atoms with Crippen LogP contribution in [0.1, 0.15) is 77.5 Å². The summed E-state index contributed by atoms with van der Waals surface area (Å²) < 4.78 is 0. The number of carbonyl (C=O) groups is 4. The van der Waals surface area contributed by atoms with Crippen molar-refractivity contribution in [2.45, 2.75) is 90.6 Å². The Bertz CT molecular complexity index is 1070. The molecule has 6 atom stereocenters. The fourth-order valence-electron chi connectivity index (χ4n) is 4.79. The first-order valence-electron chi connectivity index (χ1n) is 13.9. The Balaban J connectivity index is 1.85. The number of aliphatic hydroxyl groups is 1. The molecule has 5 N–H and O–H groups in total. The lowest BCUT2D eigenvalue weighted by molar-refractivity contribution is -0.143. The van der Waals surface area contributed by atoms with Crippen LogP contribution in [0.5, 0.6) is 0 Å². The number of allylic oxidation sites excluding steroid dienone is 1. The van der Waals surface area contributed by atoms with Crippen molar-refractivity contribution in [2.24, 2.45) is 11.8 Å². The second kappa shape index (κ2) is 13.7. The van der Waals surface area contributed by atoms with Crippen LogP contribution in [-0.2, 0) is 19.2 Å². The van der Waals surface area contributed by atoms with E-state index in [2.05, 4.69) is 21.4 Å². The van der Waals surface area contributed by atoms with Crippen LogP contribution in [0.3, 0.4) is 0 Å². The normalized spacial score (nSPS) is 30.9. The summed E-state index contributed by atoms with van der Waals surface area (Å²) in [5, 5.41) is 20.5. The number of hydrogen-bond acceptors (Lipinski definition) is 6. The Morgan fingerprint density at radius 1 is 0.923 bits per heavy atom. The van der Waals surface area contributed by atoms with Crippen LogP contribution in [-0.4, -0.2) is 64.5 Å². The van der Waals surface area contributed by atoms with Crippen molar-refractivity contribution in [3.05, 3.63) is 41.5 Å². The summed E-state index contributed by atoms with van der Waals surface area (Å²) in [4.78, 5) is 52.2. The summed E-state index contributed by atoms with van der Waals surface area (Å²) in [6.45, 7) is 9.15. The zero-order valence-corrected chi connectivity index (χ0v) is 23.6. The Morgan fingerprint density at radius 2 is 1.64 bits per heavy atom. The van der Waals surface area contributed by atoms with Gasteiger partial charge in [0.05, 0.1) is 18.1 Å². The summed E-state index contributed by atoms with van der Waals surface area (Å²) in [6, 6.07) is 5.26. The molecule has 0 aromatic heterocycles. The molecule has 1 unspecified atom stereocenters. The van der Waals surface area contributed by atoms with Gasteiger partial charge in [-0.05, 0) is 62.6 Å². The maximum atomic E-state index is 13.2. The van der Waals surface area contributed by atoms with Gasteiger partial charge in [0.25, 0.3) is 5.91 Å². The Labute approximate surface area is 230 Å². The molecule has 2 aliphatic heterocycles. The highest BCUT2D eigenvalue weighted by molar-refractivity contribution is 5.92. The van der Waals surface area contributed by atoms with Crippen LogP contribution in [0, 0.1) is 11.8 Å². The molecule has 10 nitrogen and oxygen atoms in total. The first-order chi connectivity index (χ1) is 18.5. The minimum atomic E-state index is -0.886. The maximum absolute atomic E-state index is 13.2. The summed E-state index contributed by atoms with van der Waals surface area (Å²) in [6.07, 6.45) is 5.18. The number of hydrazine groups is 1. The Kier molecular flexibility index (Phi) is 10.7. The van der Waals surface area contributed by atoms with Crippen molar-refractivity contribution in [3.63, 3.8) is 0 Å². The van der Waals surface area contributed by atoms with E-state index in [-0.39, 0.29) is 23.8 Å². The van der Waals surface area contributed by atoms with Crippen molar-refractivity contribution < 1.29 is 24.3 Å². The van der Waals surface area contributed by atoms with E-state index < -0.39 is 42.0 Å². The SMILES string of the molecule is CC(C)C1NC(=O)[C@H](C)[C@H](O)CC/C=C/c2cccc(c2)[C@@H](C)NC(=O)[C@@H]2CCCN(N2)C(=O)[C@H](C)NC1=O. The van der Waals surface area contributed by atoms with Gasteiger partial charge in [0, 0.05) is 6.54 Å². The molecule has 0 aliphatic carbocycles. The van der Waals surface area contributed by atoms with Crippen molar-refractivity contribution in [1.82, 2.24) is 26.4 Å². The minimum Gasteiger partial charge on any atom is -0.392 e. The third-order valence-corrected chi connectivity index (χ3v) is 7.44. The second-order valence-electron chi connectivity index (χ2n) is 11.0. The highest BCUT2D eigenvalue weighted by atomic mass is 16.3. The first kappa shape index (κ1) is 30.3. The van der Waals surface area contributed by atoms with Gasteiger partial charge in [-0.2, -0.15) is 0 Å². The number of fused-ring (bicyclic) bond motifs is 4. The van der Waals surface area contributed by atoms with Crippen molar-refractivity contribution in [1.29, 1.82) is 0 Å². The van der Waals surface area contributed by atoms with Crippen LogP contribution in [0.15, 0.2) is 30.3 Å². The third kappa shape index (κ3) is 8.12. The van der Waals surface area contributed by atoms with E-state index in [9.17, 15) is 24.3 Å². The molecule has 39 heavy (non-hydrogen) atoms. The van der Waals surface area contributed by atoms with Crippen molar-refractivity contribution in [2.75, 3.05) is 6.54 Å². The molecule has 1 aromatic rings. The summed E-state index contributed by atoms with van der Waals surface area (Å²) >= 11 is 0. The van der Waals surface area contributed by atoms with Crippen LogP contribution in [0.4, 0.5) is 0 Å². The standard InChI is InChI=1S/C29H43N5O5/c1-17(2)25-28(38)31-20(5)29(39)34-15-9-13-23(33-34)27(37)30-19(4)22-12-8-11-21(16-22)10-6-7-14-24(35)18(3)26(36)32-25/h6,8,10-12,16-20,23-25,33,35H,7,9,13-15H2,1-5H3,(H,30,37)(H,31,38)(H,32,36)/b10-6+/t18-,19-,20+,23+,24-,25?/m1/s1. The van der Waals surface area contributed by atoms with E-state index in [4.69, 9.17) is 0 Å². The van der Waals surface area contributed by atoms with E-state index >= 15 is 0 Å². The average Bonchev–Trinajstić information content (AvgIpc) is 2.92. The van der Waals surface area contributed by atoms with Gasteiger partial charge in [-0.25, -0.2) is 5.43 Å². The quantitative estimate of drug-likeness (QED) is 0.367. The average molecular weight is 542 g/mol. The molecule has 214 valence electrons. The first-order valence-corrected chi connectivity index (χ1v) is 13.9. The second-order valence-corrected chi connectivity index (χ2v) is 11.0. The molecule has 4 bridgehead atoms. The minimum absolute atomic E-state index is 0.203. The molecule has 0 saturated carbocycles. The van der Waals surface area contributed by atoms with Gasteiger partial charge < -0.3 is 21.1 Å². The number of carbonyl (C=O) groups excluding carboxylic acids is 4. The smallest absolute Gasteiger partial charge is 0.258 e. The lowest BCUT2D eigenvalue weighted by atomic mass is 9.96. The number of hydrogen-bond donors (Lipinski definition) is 5. The zero-order chi connectivity index (χ0) is 28.7. The van der Waals surface area contributed by atoms with Crippen LogP contribution in [0.25, 0.3) is 6.08 Å². The molecule has 4 amide bonds. The molecule has 2 heterocycles. The number of nitrogens with zero attached hydrogens (tertiary/aromatic N) is 1. The topological polar surface area (TPSA) is 140 Å². The lowest BCUT2D eigenvalue weighted by Gasteiger charge is -2.35. The fraction of sp³-hybridized carbons (Fsp3) is 0.586. The monoisotopic (exact) mass is 541 g/mol. The lowest BCUT2D eigenvalue weighted by Crippen LogP contribution is -2.62. The van der Waals surface area contributed by atoms with Crippen LogP contribution in [0.2, 0.25) is 0 Å². The van der Waals surface area contributed by atoms with Crippen LogP contribution < -0.4 is 21.4 Å². The highest BCUT2D eigenvalue weighted by Crippen LogP contribution is 2.18. The summed E-state index contributed by atoms with van der Waals surface area (Å²) in [5.74, 6) is -2.43. The molecule has 0 spiro atoms. The highest BCUT2D eigenvalue weighted by Gasteiger charge is 2.34. The molecule has 0 radical (unpaired) electrons. The molecular weight excluding hydrogens is 498 g/mol. The molecule has 1 saturated heterocycles. The maximum Gasteiger partial charge on any atom is 0.258 e. The van der Waals surface area contributed by atoms with E-state index in [1.54, 1.807) is 27.7 Å². The van der Waals surface area contributed by atoms with Gasteiger partial charge in [0.15, 0.2) is 0 Å². The van der Waals surface area contributed by atoms with Crippen LogP contribution >= 0.6 is 0 Å². The third-order valence-electron chi connectivity index (χ3n) is 7.44. The predicted octanol–water partition coefficient (Wildman–Crippen LogP) is 1.81. The van der Waals surface area contributed by atoms with Gasteiger partial charge in [-0.1, -0.05) is 51.1 Å². The Hall–Kier alpha value is -3.24. The van der Waals surface area contributed by atoms with Gasteiger partial charge >= 0.3 is 0 Å². The molecular formula is C29H43N5O5. The molecule has 1 fully saturated rings.